The van der Waals surface area contributed by atoms with Gasteiger partial charge in [-0.05, 0) is 129 Å². The summed E-state index contributed by atoms with van der Waals surface area (Å²) in [5.41, 5.74) is 3.90. The molecule has 10 unspecified atom stereocenters. The first-order chi connectivity index (χ1) is 17.2. The zero-order chi connectivity index (χ0) is 27.2. The van der Waals surface area contributed by atoms with E-state index in [0.29, 0.717) is 33.5 Å². The van der Waals surface area contributed by atoms with Crippen LogP contribution in [0.1, 0.15) is 127 Å². The highest BCUT2D eigenvalue weighted by molar-refractivity contribution is 5.87. The van der Waals surface area contributed by atoms with Crippen molar-refractivity contribution in [2.75, 3.05) is 0 Å². The van der Waals surface area contributed by atoms with E-state index < -0.39 is 0 Å². The summed E-state index contributed by atoms with van der Waals surface area (Å²) in [5.74, 6) is 3.55. The van der Waals surface area contributed by atoms with Crippen LogP contribution < -0.4 is 0 Å². The van der Waals surface area contributed by atoms with Crippen LogP contribution in [0, 0.1) is 56.7 Å². The van der Waals surface area contributed by atoms with Gasteiger partial charge in [0.15, 0.2) is 0 Å². The Balaban J connectivity index is 1.46. The van der Waals surface area contributed by atoms with Crippen molar-refractivity contribution in [2.24, 2.45) is 56.7 Å². The van der Waals surface area contributed by atoms with E-state index in [0.717, 1.165) is 29.7 Å². The summed E-state index contributed by atoms with van der Waals surface area (Å²) in [4.78, 5) is 12.7. The van der Waals surface area contributed by atoms with Crippen molar-refractivity contribution in [1.29, 1.82) is 0 Å². The van der Waals surface area contributed by atoms with Gasteiger partial charge in [0.1, 0.15) is 6.10 Å². The zero-order valence-corrected chi connectivity index (χ0v) is 25.6. The van der Waals surface area contributed by atoms with Gasteiger partial charge >= 0.3 is 5.97 Å². The second kappa shape index (κ2) is 8.72. The molecule has 0 bridgehead atoms. The van der Waals surface area contributed by atoms with Gasteiger partial charge in [-0.15, -0.1) is 0 Å². The van der Waals surface area contributed by atoms with Crippen LogP contribution in [0.15, 0.2) is 23.8 Å². The Hall–Kier alpha value is -1.05. The predicted octanol–water partition coefficient (Wildman–Crippen LogP) is 9.54. The fraction of sp³-hybridized carbons (Fsp3) is 0.857. The van der Waals surface area contributed by atoms with Crippen molar-refractivity contribution in [2.45, 2.75) is 133 Å². The lowest BCUT2D eigenvalue weighted by atomic mass is 9.31. The fourth-order valence-corrected chi connectivity index (χ4v) is 11.9. The zero-order valence-electron chi connectivity index (χ0n) is 25.6. The maximum Gasteiger partial charge on any atom is 0.333 e. The van der Waals surface area contributed by atoms with E-state index in [9.17, 15) is 4.79 Å². The van der Waals surface area contributed by atoms with Crippen LogP contribution in [-0.2, 0) is 9.53 Å². The third-order valence-electron chi connectivity index (χ3n) is 14.5. The van der Waals surface area contributed by atoms with E-state index in [2.05, 4.69) is 55.0 Å². The van der Waals surface area contributed by atoms with Crippen molar-refractivity contribution >= 4 is 5.97 Å². The standard InChI is InChI=1S/C35H56O2/c1-11-22(2)30(36)37-28-16-18-33(8)26(31(28,5)6)15-19-35(10)27(33)13-12-25-29-24(4)23(3)14-17-32(29,7)20-21-34(25,35)9/h11,24-29H,3,12-21H2,1-2,4-10H3. The van der Waals surface area contributed by atoms with Crippen LogP contribution in [-0.4, -0.2) is 12.1 Å². The van der Waals surface area contributed by atoms with Gasteiger partial charge in [-0.1, -0.05) is 66.7 Å². The van der Waals surface area contributed by atoms with Crippen molar-refractivity contribution < 1.29 is 9.53 Å². The lowest BCUT2D eigenvalue weighted by Gasteiger charge is -2.73. The highest BCUT2D eigenvalue weighted by Gasteiger charge is 2.70. The van der Waals surface area contributed by atoms with E-state index in [1.165, 1.54) is 63.4 Å². The van der Waals surface area contributed by atoms with Crippen molar-refractivity contribution in [3.8, 4) is 0 Å². The molecule has 0 saturated heterocycles. The molecule has 0 N–H and O–H groups in total. The van der Waals surface area contributed by atoms with Gasteiger partial charge in [-0.25, -0.2) is 4.79 Å². The van der Waals surface area contributed by atoms with Gasteiger partial charge in [0.25, 0.3) is 0 Å². The second-order valence-electron chi connectivity index (χ2n) is 16.0. The van der Waals surface area contributed by atoms with E-state index in [1.54, 1.807) is 0 Å². The van der Waals surface area contributed by atoms with E-state index >= 15 is 0 Å². The number of ether oxygens (including phenoxy) is 1. The minimum Gasteiger partial charge on any atom is -0.458 e. The maximum atomic E-state index is 12.7. The summed E-state index contributed by atoms with van der Waals surface area (Å²) < 4.78 is 6.20. The van der Waals surface area contributed by atoms with E-state index in [1.807, 2.05) is 19.9 Å². The Bertz CT molecular complexity index is 989. The van der Waals surface area contributed by atoms with Crippen molar-refractivity contribution in [3.63, 3.8) is 0 Å². The molecule has 0 spiro atoms. The summed E-state index contributed by atoms with van der Waals surface area (Å²) in [6.07, 6.45) is 14.9. The van der Waals surface area contributed by atoms with Crippen LogP contribution in [0.3, 0.4) is 0 Å². The van der Waals surface area contributed by atoms with Crippen LogP contribution >= 0.6 is 0 Å². The van der Waals surface area contributed by atoms with Crippen LogP contribution in [0.25, 0.3) is 0 Å². The van der Waals surface area contributed by atoms with Crippen molar-refractivity contribution in [3.05, 3.63) is 23.8 Å². The summed E-state index contributed by atoms with van der Waals surface area (Å²) in [6, 6.07) is 0. The average molecular weight is 509 g/mol. The van der Waals surface area contributed by atoms with E-state index in [-0.39, 0.29) is 17.5 Å². The predicted molar refractivity (Wildman–Crippen MR) is 154 cm³/mol. The number of fused-ring (bicyclic) bond motifs is 7. The van der Waals surface area contributed by atoms with Crippen LogP contribution in [0.4, 0.5) is 0 Å². The lowest BCUT2D eigenvalue weighted by Crippen LogP contribution is -2.67. The quantitative estimate of drug-likeness (QED) is 0.211. The minimum atomic E-state index is -0.119. The summed E-state index contributed by atoms with van der Waals surface area (Å²) in [6.45, 7) is 26.5. The molecule has 37 heavy (non-hydrogen) atoms. The molecule has 5 aliphatic carbocycles. The third-order valence-corrected chi connectivity index (χ3v) is 14.5. The summed E-state index contributed by atoms with van der Waals surface area (Å²) >= 11 is 0. The normalized spacial score (nSPS) is 51.3. The smallest absolute Gasteiger partial charge is 0.333 e. The van der Waals surface area contributed by atoms with Gasteiger partial charge in [-0.2, -0.15) is 0 Å². The largest absolute Gasteiger partial charge is 0.458 e. The Morgan fingerprint density at radius 2 is 1.59 bits per heavy atom. The van der Waals surface area contributed by atoms with Gasteiger partial charge in [0, 0.05) is 11.0 Å². The first-order valence-corrected chi connectivity index (χ1v) is 15.7. The van der Waals surface area contributed by atoms with Crippen LogP contribution in [0.5, 0.6) is 0 Å². The Kier molecular flexibility index (Phi) is 6.49. The molecule has 2 nitrogen and oxygen atoms in total. The second-order valence-corrected chi connectivity index (χ2v) is 16.0. The number of allylic oxidation sites excluding steroid dienone is 2. The minimum absolute atomic E-state index is 0.0104. The molecule has 0 aromatic carbocycles. The number of hydrogen-bond donors (Lipinski definition) is 0. The molecule has 5 rings (SSSR count). The van der Waals surface area contributed by atoms with Crippen LogP contribution in [0.2, 0.25) is 0 Å². The molecule has 0 aliphatic heterocycles. The lowest BCUT2D eigenvalue weighted by molar-refractivity contribution is -0.253. The first kappa shape index (κ1) is 27.5. The monoisotopic (exact) mass is 508 g/mol. The van der Waals surface area contributed by atoms with Gasteiger partial charge < -0.3 is 4.74 Å². The van der Waals surface area contributed by atoms with E-state index in [4.69, 9.17) is 4.74 Å². The Morgan fingerprint density at radius 3 is 2.27 bits per heavy atom. The molecule has 0 amide bonds. The molecular formula is C35H56O2. The molecule has 0 heterocycles. The summed E-state index contributed by atoms with van der Waals surface area (Å²) in [5, 5.41) is 0. The molecule has 5 saturated carbocycles. The highest BCUT2D eigenvalue weighted by Crippen LogP contribution is 2.77. The third kappa shape index (κ3) is 3.65. The molecule has 0 aromatic heterocycles. The topological polar surface area (TPSA) is 26.3 Å². The number of rotatable bonds is 2. The number of carbonyl (C=O) groups excluding carboxylic acids is 1. The average Bonchev–Trinajstić information content (AvgIpc) is 2.83. The molecule has 0 radical (unpaired) electrons. The molecule has 5 aliphatic rings. The number of hydrogen-bond acceptors (Lipinski definition) is 2. The van der Waals surface area contributed by atoms with Gasteiger partial charge in [0.05, 0.1) is 0 Å². The number of carbonyl (C=O) groups is 1. The molecular weight excluding hydrogens is 452 g/mol. The first-order valence-electron chi connectivity index (χ1n) is 15.7. The molecule has 10 atom stereocenters. The Morgan fingerprint density at radius 1 is 0.892 bits per heavy atom. The van der Waals surface area contributed by atoms with Gasteiger partial charge in [-0.3, -0.25) is 0 Å². The summed E-state index contributed by atoms with van der Waals surface area (Å²) in [7, 11) is 0. The molecule has 208 valence electrons. The maximum absolute atomic E-state index is 12.7. The molecule has 0 aromatic rings. The fourth-order valence-electron chi connectivity index (χ4n) is 11.9. The van der Waals surface area contributed by atoms with Crippen molar-refractivity contribution in [1.82, 2.24) is 0 Å². The number of esters is 1. The Labute approximate surface area is 228 Å². The van der Waals surface area contributed by atoms with Gasteiger partial charge in [0.2, 0.25) is 0 Å². The highest BCUT2D eigenvalue weighted by atomic mass is 16.5. The molecule has 2 heteroatoms. The SMILES string of the molecule is C=C1CCC2(C)CCC3(C)C(CCC4C5(C)CCC(OC(=O)C(C)=CC)C(C)(C)C5CCC43C)C2C1C. The molecule has 5 fully saturated rings.